The van der Waals surface area contributed by atoms with E-state index in [0.29, 0.717) is 25.1 Å². The predicted molar refractivity (Wildman–Crippen MR) is 148 cm³/mol. The molecule has 2 N–H and O–H groups in total. The molecule has 0 radical (unpaired) electrons. The number of aliphatic hydroxyl groups is 1. The van der Waals surface area contributed by atoms with Crippen molar-refractivity contribution in [1.29, 1.82) is 0 Å². The van der Waals surface area contributed by atoms with Crippen LogP contribution in [0.4, 0.5) is 5.69 Å². The zero-order chi connectivity index (χ0) is 25.5. The van der Waals surface area contributed by atoms with E-state index in [9.17, 15) is 9.90 Å². The van der Waals surface area contributed by atoms with Crippen LogP contribution >= 0.6 is 0 Å². The summed E-state index contributed by atoms with van der Waals surface area (Å²) in [5.41, 5.74) is 8.42. The Morgan fingerprint density at radius 2 is 1.73 bits per heavy atom. The van der Waals surface area contributed by atoms with Gasteiger partial charge in [-0.2, -0.15) is 0 Å². The number of aromatic amines is 1. The fraction of sp³-hybridized carbons (Fsp3) is 0.333. The first-order valence-electron chi connectivity index (χ1n) is 13.1. The van der Waals surface area contributed by atoms with Crippen LogP contribution in [-0.2, 0) is 0 Å². The maximum atomic E-state index is 12.8. The fourth-order valence-electron chi connectivity index (χ4n) is 5.54. The van der Waals surface area contributed by atoms with Crippen LogP contribution < -0.4 is 4.90 Å². The van der Waals surface area contributed by atoms with Gasteiger partial charge in [0.15, 0.2) is 0 Å². The Balaban J connectivity index is 1.26. The number of rotatable bonds is 4. The lowest BCUT2D eigenvalue weighted by Crippen LogP contribution is -2.44. The van der Waals surface area contributed by atoms with Crippen molar-refractivity contribution in [3.8, 4) is 22.3 Å². The Kier molecular flexibility index (Phi) is 6.18. The van der Waals surface area contributed by atoms with E-state index in [0.717, 1.165) is 59.5 Å². The molecular formula is C30H33N5O2. The first-order valence-corrected chi connectivity index (χ1v) is 13.1. The number of hydrogen-bond donors (Lipinski definition) is 2. The Morgan fingerprint density at radius 1 is 0.973 bits per heavy atom. The zero-order valence-corrected chi connectivity index (χ0v) is 21.4. The van der Waals surface area contributed by atoms with Crippen molar-refractivity contribution in [3.05, 3.63) is 72.1 Å². The van der Waals surface area contributed by atoms with Crippen molar-refractivity contribution in [2.45, 2.75) is 19.4 Å². The predicted octanol–water partition coefficient (Wildman–Crippen LogP) is 4.16. The number of H-pyrrole nitrogens is 1. The number of anilines is 1. The van der Waals surface area contributed by atoms with E-state index in [1.165, 1.54) is 11.3 Å². The highest BCUT2D eigenvalue weighted by Gasteiger charge is 2.25. The second-order valence-corrected chi connectivity index (χ2v) is 10.4. The Hall–Kier alpha value is -3.68. The first kappa shape index (κ1) is 23.7. The van der Waals surface area contributed by atoms with E-state index in [-0.39, 0.29) is 5.91 Å². The van der Waals surface area contributed by atoms with Gasteiger partial charge in [-0.3, -0.25) is 4.79 Å². The average molecular weight is 496 g/mol. The number of nitrogens with one attached hydrogen (secondary N) is 1. The number of β-amino-alcohol motifs (C(OH)–C–C–N with tert-alkyl or cyclic N) is 1. The number of likely N-dealkylation sites (N-methyl/N-ethyl adjacent to an activating group) is 1. The van der Waals surface area contributed by atoms with Crippen LogP contribution in [0.25, 0.3) is 33.3 Å². The molecule has 1 unspecified atom stereocenters. The molecule has 190 valence electrons. The van der Waals surface area contributed by atoms with Gasteiger partial charge in [-0.15, -0.1) is 0 Å². The van der Waals surface area contributed by atoms with Gasteiger partial charge in [0.2, 0.25) is 0 Å². The van der Waals surface area contributed by atoms with E-state index >= 15 is 0 Å². The number of aromatic nitrogens is 2. The van der Waals surface area contributed by atoms with Crippen molar-refractivity contribution in [1.82, 2.24) is 19.8 Å². The highest BCUT2D eigenvalue weighted by molar-refractivity contribution is 5.98. The van der Waals surface area contributed by atoms with Gasteiger partial charge in [0.25, 0.3) is 5.91 Å². The molecule has 2 saturated heterocycles. The van der Waals surface area contributed by atoms with Gasteiger partial charge < -0.3 is 24.8 Å². The number of aliphatic hydroxyl groups excluding tert-OH is 1. The summed E-state index contributed by atoms with van der Waals surface area (Å²) in [4.78, 5) is 27.3. The molecule has 4 aromatic rings. The zero-order valence-electron chi connectivity index (χ0n) is 21.4. The number of amides is 1. The SMILES string of the molecule is Cc1cc(-c2cnc3[nH]cc(-c4ccc(C(=O)N5CCC(O)C5)cc4)c3c2)ccc1N1CCN(C)CC1. The minimum Gasteiger partial charge on any atom is -0.391 e. The van der Waals surface area contributed by atoms with Crippen molar-refractivity contribution in [3.63, 3.8) is 0 Å². The topological polar surface area (TPSA) is 75.7 Å². The molecule has 1 atom stereocenters. The quantitative estimate of drug-likeness (QED) is 0.445. The molecular weight excluding hydrogens is 462 g/mol. The molecule has 2 aliphatic heterocycles. The van der Waals surface area contributed by atoms with Gasteiger partial charge in [-0.1, -0.05) is 18.2 Å². The summed E-state index contributed by atoms with van der Waals surface area (Å²) in [7, 11) is 2.18. The molecule has 0 saturated carbocycles. The number of pyridine rings is 1. The molecule has 4 heterocycles. The normalized spacial score (nSPS) is 18.6. The second kappa shape index (κ2) is 9.65. The van der Waals surface area contributed by atoms with E-state index in [1.54, 1.807) is 4.90 Å². The van der Waals surface area contributed by atoms with Gasteiger partial charge in [0.05, 0.1) is 6.10 Å². The molecule has 37 heavy (non-hydrogen) atoms. The van der Waals surface area contributed by atoms with Gasteiger partial charge in [-0.25, -0.2) is 4.98 Å². The highest BCUT2D eigenvalue weighted by Crippen LogP contribution is 2.33. The molecule has 6 rings (SSSR count). The summed E-state index contributed by atoms with van der Waals surface area (Å²) < 4.78 is 0. The molecule has 7 heteroatoms. The Bertz CT molecular complexity index is 1440. The number of carbonyl (C=O) groups excluding carboxylic acids is 1. The largest absolute Gasteiger partial charge is 0.391 e. The minimum atomic E-state index is -0.414. The van der Waals surface area contributed by atoms with Gasteiger partial charge >= 0.3 is 0 Å². The average Bonchev–Trinajstić information content (AvgIpc) is 3.55. The van der Waals surface area contributed by atoms with E-state index < -0.39 is 6.10 Å². The number of fused-ring (bicyclic) bond motifs is 1. The van der Waals surface area contributed by atoms with Gasteiger partial charge in [-0.05, 0) is 67.4 Å². The molecule has 0 spiro atoms. The number of hydrogen-bond acceptors (Lipinski definition) is 5. The van der Waals surface area contributed by atoms with Crippen LogP contribution in [0.15, 0.2) is 60.9 Å². The number of nitrogens with zero attached hydrogens (tertiary/aromatic N) is 4. The van der Waals surface area contributed by atoms with Crippen molar-refractivity contribution in [2.24, 2.45) is 0 Å². The number of aryl methyl sites for hydroxylation is 1. The van der Waals surface area contributed by atoms with Crippen molar-refractivity contribution >= 4 is 22.6 Å². The lowest BCUT2D eigenvalue weighted by molar-refractivity contribution is 0.0765. The molecule has 0 aliphatic carbocycles. The molecule has 0 bridgehead atoms. The van der Waals surface area contributed by atoms with Crippen molar-refractivity contribution < 1.29 is 9.90 Å². The Morgan fingerprint density at radius 3 is 2.43 bits per heavy atom. The van der Waals surface area contributed by atoms with E-state index in [1.807, 2.05) is 36.7 Å². The smallest absolute Gasteiger partial charge is 0.253 e. The Labute approximate surface area is 217 Å². The molecule has 1 amide bonds. The highest BCUT2D eigenvalue weighted by atomic mass is 16.3. The van der Waals surface area contributed by atoms with Crippen LogP contribution in [0.3, 0.4) is 0 Å². The summed E-state index contributed by atoms with van der Waals surface area (Å²) in [5.74, 6) is -0.0265. The summed E-state index contributed by atoms with van der Waals surface area (Å²) in [5, 5.41) is 10.8. The summed E-state index contributed by atoms with van der Waals surface area (Å²) in [6, 6.07) is 16.6. The lowest BCUT2D eigenvalue weighted by atomic mass is 9.99. The third-order valence-electron chi connectivity index (χ3n) is 7.80. The van der Waals surface area contributed by atoms with E-state index in [2.05, 4.69) is 53.0 Å². The summed E-state index contributed by atoms with van der Waals surface area (Å²) >= 11 is 0. The maximum absolute atomic E-state index is 12.8. The maximum Gasteiger partial charge on any atom is 0.253 e. The standard InChI is InChI=1S/C30H33N5O2/c1-20-15-23(7-8-28(20)34-13-11-33(2)12-14-34)24-16-26-27(18-32-29(26)31-17-24)21-3-5-22(6-4-21)30(37)35-10-9-25(36)19-35/h3-8,15-18,25,36H,9-14,19H2,1-2H3,(H,31,32). The van der Waals surface area contributed by atoms with Crippen LogP contribution in [0.2, 0.25) is 0 Å². The van der Waals surface area contributed by atoms with Crippen LogP contribution in [-0.4, -0.2) is 83.2 Å². The molecule has 2 fully saturated rings. The third-order valence-corrected chi connectivity index (χ3v) is 7.80. The first-order chi connectivity index (χ1) is 18.0. The second-order valence-electron chi connectivity index (χ2n) is 10.4. The minimum absolute atomic E-state index is 0.0265. The van der Waals surface area contributed by atoms with Crippen LogP contribution in [0.5, 0.6) is 0 Å². The number of benzene rings is 2. The van der Waals surface area contributed by atoms with Gasteiger partial charge in [0.1, 0.15) is 5.65 Å². The summed E-state index contributed by atoms with van der Waals surface area (Å²) in [6.07, 6.45) is 4.14. The molecule has 7 nitrogen and oxygen atoms in total. The molecule has 2 aromatic carbocycles. The van der Waals surface area contributed by atoms with Crippen molar-refractivity contribution in [2.75, 3.05) is 51.2 Å². The van der Waals surface area contributed by atoms with Crippen LogP contribution in [0, 0.1) is 6.92 Å². The third kappa shape index (κ3) is 4.61. The number of likely N-dealkylation sites (tertiary alicyclic amines) is 1. The number of piperazine rings is 1. The molecule has 2 aliphatic rings. The number of carbonyl (C=O) groups is 1. The van der Waals surface area contributed by atoms with E-state index in [4.69, 9.17) is 4.98 Å². The van der Waals surface area contributed by atoms with Crippen LogP contribution in [0.1, 0.15) is 22.3 Å². The molecule has 2 aromatic heterocycles. The van der Waals surface area contributed by atoms with Gasteiger partial charge in [0, 0.05) is 79.4 Å². The lowest BCUT2D eigenvalue weighted by Gasteiger charge is -2.35. The monoisotopic (exact) mass is 495 g/mol. The fourth-order valence-corrected chi connectivity index (χ4v) is 5.54. The summed E-state index contributed by atoms with van der Waals surface area (Å²) in [6.45, 7) is 7.50.